The van der Waals surface area contributed by atoms with Gasteiger partial charge in [0.05, 0.1) is 16.1 Å². The molecule has 0 unspecified atom stereocenters. The van der Waals surface area contributed by atoms with Gasteiger partial charge in [0.1, 0.15) is 5.75 Å². The van der Waals surface area contributed by atoms with E-state index in [1.54, 1.807) is 23.1 Å². The van der Waals surface area contributed by atoms with Crippen LogP contribution in [0.25, 0.3) is 10.9 Å². The van der Waals surface area contributed by atoms with Gasteiger partial charge in [-0.2, -0.15) is 8.78 Å². The Morgan fingerprint density at radius 3 is 2.28 bits per heavy atom. The Balaban J connectivity index is 1.70. The summed E-state index contributed by atoms with van der Waals surface area (Å²) in [5, 5.41) is 0.913. The second-order valence-electron chi connectivity index (χ2n) is 8.58. The van der Waals surface area contributed by atoms with Crippen molar-refractivity contribution in [3.8, 4) is 5.75 Å². The van der Waals surface area contributed by atoms with Crippen LogP contribution in [0.15, 0.2) is 53.6 Å². The topological polar surface area (TPSA) is 71.9 Å². The molecule has 4 rings (SSSR count). The summed E-state index contributed by atoms with van der Waals surface area (Å²) in [6.45, 7) is -1.43. The van der Waals surface area contributed by atoms with Gasteiger partial charge in [-0.1, -0.05) is 52.5 Å². The molecule has 2 heterocycles. The summed E-state index contributed by atoms with van der Waals surface area (Å²) in [6, 6.07) is 9.72. The summed E-state index contributed by atoms with van der Waals surface area (Å²) in [4.78, 5) is 14.9. The van der Waals surface area contributed by atoms with E-state index < -0.39 is 38.7 Å². The summed E-state index contributed by atoms with van der Waals surface area (Å²) in [6.07, 6.45) is -2.63. The third kappa shape index (κ3) is 6.30. The molecule has 0 bridgehead atoms. The second kappa shape index (κ2) is 11.0. The van der Waals surface area contributed by atoms with Gasteiger partial charge in [0.25, 0.3) is 19.7 Å². The number of nitrogens with zero attached hydrogens (tertiary/aromatic N) is 3. The van der Waals surface area contributed by atoms with Gasteiger partial charge in [0, 0.05) is 42.8 Å². The zero-order valence-electron chi connectivity index (χ0n) is 19.6. The summed E-state index contributed by atoms with van der Waals surface area (Å²) in [5.41, 5.74) is 0.344. The van der Waals surface area contributed by atoms with E-state index in [0.29, 0.717) is 15.9 Å². The standard InChI is InChI=1S/C23H19Cl4F4N3O4S/c24-15-2-1-14-5-6-34(17(14)11-15)39(36,37)16-3-4-19(38-13-22(30,31)20(28)29)18(12-16)32-7-9-33(10-8-32)21(35)23(25,26)27/h1-6,11-12,20H,7-10,13H2. The lowest BCUT2D eigenvalue weighted by Crippen LogP contribution is -2.51. The van der Waals surface area contributed by atoms with E-state index in [0.717, 1.165) is 16.1 Å². The highest BCUT2D eigenvalue weighted by atomic mass is 35.6. The molecule has 0 radical (unpaired) electrons. The highest BCUT2D eigenvalue weighted by Gasteiger charge is 2.42. The van der Waals surface area contributed by atoms with Crippen molar-refractivity contribution in [2.24, 2.45) is 0 Å². The van der Waals surface area contributed by atoms with Crippen LogP contribution in [-0.4, -0.2) is 72.1 Å². The molecule has 2 aromatic carbocycles. The number of aromatic nitrogens is 1. The van der Waals surface area contributed by atoms with Crippen LogP contribution in [0.2, 0.25) is 5.02 Å². The minimum atomic E-state index is -4.44. The van der Waals surface area contributed by atoms with E-state index >= 15 is 0 Å². The molecule has 1 aliphatic rings. The molecule has 1 aliphatic heterocycles. The van der Waals surface area contributed by atoms with Crippen molar-refractivity contribution in [3.63, 3.8) is 0 Å². The largest absolute Gasteiger partial charge is 0.485 e. The average molecular weight is 651 g/mol. The van der Waals surface area contributed by atoms with Gasteiger partial charge in [0.2, 0.25) is 0 Å². The zero-order chi connectivity index (χ0) is 28.8. The minimum absolute atomic E-state index is 0.0385. The Labute approximate surface area is 240 Å². The summed E-state index contributed by atoms with van der Waals surface area (Å²) in [5.74, 6) is -5.47. The molecular formula is C23H19Cl4F4N3O4S. The van der Waals surface area contributed by atoms with Gasteiger partial charge >= 0.3 is 12.3 Å². The molecule has 212 valence electrons. The summed E-state index contributed by atoms with van der Waals surface area (Å²) in [7, 11) is -4.23. The highest BCUT2D eigenvalue weighted by Crippen LogP contribution is 2.36. The molecule has 1 amide bonds. The maximum absolute atomic E-state index is 13.6. The SMILES string of the molecule is O=C(N1CCN(c2cc(S(=O)(=O)n3ccc4ccc(Cl)cc43)ccc2OCC(F)(F)C(F)F)CC1)C(Cl)(Cl)Cl. The van der Waals surface area contributed by atoms with E-state index in [2.05, 4.69) is 0 Å². The quantitative estimate of drug-likeness (QED) is 0.238. The molecule has 1 aromatic heterocycles. The maximum atomic E-state index is 13.6. The third-order valence-electron chi connectivity index (χ3n) is 6.00. The van der Waals surface area contributed by atoms with Crippen LogP contribution in [0.4, 0.5) is 23.2 Å². The Morgan fingerprint density at radius 1 is 1.00 bits per heavy atom. The summed E-state index contributed by atoms with van der Waals surface area (Å²) < 4.78 is 83.7. The molecule has 1 saturated heterocycles. The highest BCUT2D eigenvalue weighted by molar-refractivity contribution is 7.90. The van der Waals surface area contributed by atoms with Crippen LogP contribution in [0, 0.1) is 0 Å². The average Bonchev–Trinajstić information content (AvgIpc) is 3.30. The van der Waals surface area contributed by atoms with Gasteiger partial charge in [-0.3, -0.25) is 4.79 Å². The Hall–Kier alpha value is -2.12. The van der Waals surface area contributed by atoms with Gasteiger partial charge < -0.3 is 14.5 Å². The van der Waals surface area contributed by atoms with E-state index in [9.17, 15) is 30.8 Å². The first kappa shape index (κ1) is 29.9. The second-order valence-corrected chi connectivity index (χ2v) is 13.1. The molecular weight excluding hydrogens is 632 g/mol. The van der Waals surface area contributed by atoms with Gasteiger partial charge in [-0.15, -0.1) is 0 Å². The predicted octanol–water partition coefficient (Wildman–Crippen LogP) is 5.83. The van der Waals surface area contributed by atoms with Gasteiger partial charge in [-0.05, 0) is 36.4 Å². The first-order valence-corrected chi connectivity index (χ1v) is 14.1. The lowest BCUT2D eigenvalue weighted by atomic mass is 10.2. The number of rotatable bonds is 7. The van der Waals surface area contributed by atoms with Crippen LogP contribution >= 0.6 is 46.4 Å². The number of carbonyl (C=O) groups is 1. The molecule has 3 aromatic rings. The lowest BCUT2D eigenvalue weighted by molar-refractivity contribution is -0.148. The minimum Gasteiger partial charge on any atom is -0.485 e. The molecule has 0 saturated carbocycles. The molecule has 0 atom stereocenters. The number of hydrogen-bond donors (Lipinski definition) is 0. The monoisotopic (exact) mass is 649 g/mol. The Kier molecular flexibility index (Phi) is 8.45. The van der Waals surface area contributed by atoms with Crippen molar-refractivity contribution in [1.29, 1.82) is 0 Å². The maximum Gasteiger partial charge on any atom is 0.340 e. The first-order valence-electron chi connectivity index (χ1n) is 11.2. The van der Waals surface area contributed by atoms with Crippen molar-refractivity contribution in [2.45, 2.75) is 21.0 Å². The number of alkyl halides is 7. The fourth-order valence-corrected chi connectivity index (χ4v) is 5.88. The van der Waals surface area contributed by atoms with Gasteiger partial charge in [-0.25, -0.2) is 21.2 Å². The van der Waals surface area contributed by atoms with Crippen LogP contribution in [-0.2, 0) is 14.8 Å². The van der Waals surface area contributed by atoms with Crippen molar-refractivity contribution < 1.29 is 35.5 Å². The lowest BCUT2D eigenvalue weighted by Gasteiger charge is -2.38. The van der Waals surface area contributed by atoms with E-state index in [1.807, 2.05) is 0 Å². The number of fused-ring (bicyclic) bond motifs is 1. The number of piperazine rings is 1. The van der Waals surface area contributed by atoms with Crippen molar-refractivity contribution in [3.05, 3.63) is 53.7 Å². The van der Waals surface area contributed by atoms with Crippen molar-refractivity contribution in [2.75, 3.05) is 37.7 Å². The van der Waals surface area contributed by atoms with Crippen molar-refractivity contribution in [1.82, 2.24) is 8.87 Å². The molecule has 16 heteroatoms. The number of benzene rings is 2. The number of hydrogen-bond acceptors (Lipinski definition) is 5. The molecule has 7 nitrogen and oxygen atoms in total. The molecule has 0 N–H and O–H groups in total. The molecule has 1 fully saturated rings. The number of ether oxygens (including phenoxy) is 1. The smallest absolute Gasteiger partial charge is 0.340 e. The van der Waals surface area contributed by atoms with E-state index in [-0.39, 0.29) is 42.5 Å². The third-order valence-corrected chi connectivity index (χ3v) is 8.40. The van der Waals surface area contributed by atoms with Gasteiger partial charge in [0.15, 0.2) is 6.61 Å². The fourth-order valence-electron chi connectivity index (χ4n) is 3.99. The Bertz CT molecular complexity index is 1490. The molecule has 39 heavy (non-hydrogen) atoms. The molecule has 0 aliphatic carbocycles. The predicted molar refractivity (Wildman–Crippen MR) is 142 cm³/mol. The normalized spacial score (nSPS) is 15.3. The zero-order valence-corrected chi connectivity index (χ0v) is 23.5. The van der Waals surface area contributed by atoms with Crippen LogP contribution in [0.3, 0.4) is 0 Å². The summed E-state index contributed by atoms with van der Waals surface area (Å²) >= 11 is 23.1. The number of anilines is 1. The Morgan fingerprint density at radius 2 is 1.67 bits per heavy atom. The van der Waals surface area contributed by atoms with Crippen LogP contribution in [0.5, 0.6) is 5.75 Å². The fraction of sp³-hybridized carbons (Fsp3) is 0.348. The van der Waals surface area contributed by atoms with Crippen molar-refractivity contribution >= 4 is 78.9 Å². The number of carbonyl (C=O) groups excluding carboxylic acids is 1. The van der Waals surface area contributed by atoms with E-state index in [1.165, 1.54) is 23.2 Å². The first-order chi connectivity index (χ1) is 18.1. The molecule has 0 spiro atoms. The van der Waals surface area contributed by atoms with Crippen LogP contribution < -0.4 is 9.64 Å². The van der Waals surface area contributed by atoms with E-state index in [4.69, 9.17) is 51.1 Å². The number of halogens is 8. The van der Waals surface area contributed by atoms with Crippen LogP contribution in [0.1, 0.15) is 0 Å². The number of amides is 1.